The molecule has 0 spiro atoms. The number of rotatable bonds is 3. The van der Waals surface area contributed by atoms with Crippen LogP contribution in [0.15, 0.2) is 24.3 Å². The topological polar surface area (TPSA) is 99.8 Å². The number of hydrogen-bond acceptors (Lipinski definition) is 4. The monoisotopic (exact) mass is 306 g/mol. The smallest absolute Gasteiger partial charge is 0.411 e. The largest absolute Gasteiger partial charge is 0.450 e. The Bertz CT molecular complexity index is 558. The van der Waals surface area contributed by atoms with Crippen molar-refractivity contribution in [2.24, 2.45) is 0 Å². The SMILES string of the molecule is CCOC(=O)Nc1ccc(NC(=O)N2CCNC(=O)C2)cc1. The number of hydrogen-bond donors (Lipinski definition) is 3. The Morgan fingerprint density at radius 1 is 1.23 bits per heavy atom. The van der Waals surface area contributed by atoms with Crippen LogP contribution in [0.25, 0.3) is 0 Å². The standard InChI is InChI=1S/C14H18N4O4/c1-2-22-14(21)17-11-5-3-10(4-6-11)16-13(20)18-8-7-15-12(19)9-18/h3-6H,2,7-9H2,1H3,(H,15,19)(H,16,20)(H,17,21). The number of urea groups is 1. The third-order valence-electron chi connectivity index (χ3n) is 2.98. The molecule has 0 aromatic heterocycles. The van der Waals surface area contributed by atoms with Gasteiger partial charge in [-0.15, -0.1) is 0 Å². The first kappa shape index (κ1) is 15.6. The highest BCUT2D eigenvalue weighted by atomic mass is 16.5. The molecule has 3 N–H and O–H groups in total. The molecule has 1 aliphatic heterocycles. The van der Waals surface area contributed by atoms with Crippen LogP contribution in [0.5, 0.6) is 0 Å². The fourth-order valence-electron chi connectivity index (χ4n) is 1.94. The van der Waals surface area contributed by atoms with Crippen molar-refractivity contribution in [1.82, 2.24) is 10.2 Å². The van der Waals surface area contributed by atoms with Crippen LogP contribution in [0, 0.1) is 0 Å². The summed E-state index contributed by atoms with van der Waals surface area (Å²) in [5.41, 5.74) is 1.14. The highest BCUT2D eigenvalue weighted by Crippen LogP contribution is 2.14. The molecule has 0 atom stereocenters. The van der Waals surface area contributed by atoms with Gasteiger partial charge >= 0.3 is 12.1 Å². The highest BCUT2D eigenvalue weighted by molar-refractivity contribution is 5.93. The average molecular weight is 306 g/mol. The summed E-state index contributed by atoms with van der Waals surface area (Å²) in [5.74, 6) is -0.171. The minimum Gasteiger partial charge on any atom is -0.450 e. The van der Waals surface area contributed by atoms with Crippen LogP contribution >= 0.6 is 0 Å². The van der Waals surface area contributed by atoms with Gasteiger partial charge < -0.3 is 20.3 Å². The highest BCUT2D eigenvalue weighted by Gasteiger charge is 2.20. The molecule has 1 aromatic rings. The first-order chi connectivity index (χ1) is 10.6. The second-order valence-corrected chi connectivity index (χ2v) is 4.62. The number of piperazine rings is 1. The van der Waals surface area contributed by atoms with Crippen LogP contribution in [0.3, 0.4) is 0 Å². The zero-order valence-corrected chi connectivity index (χ0v) is 12.2. The van der Waals surface area contributed by atoms with E-state index in [2.05, 4.69) is 16.0 Å². The van der Waals surface area contributed by atoms with E-state index < -0.39 is 6.09 Å². The third kappa shape index (κ3) is 4.37. The van der Waals surface area contributed by atoms with E-state index in [1.807, 2.05) is 0 Å². The molecule has 1 saturated heterocycles. The number of anilines is 2. The van der Waals surface area contributed by atoms with Gasteiger partial charge in [0.1, 0.15) is 6.54 Å². The van der Waals surface area contributed by atoms with Crippen molar-refractivity contribution in [2.45, 2.75) is 6.92 Å². The lowest BCUT2D eigenvalue weighted by Crippen LogP contribution is -2.51. The van der Waals surface area contributed by atoms with E-state index in [0.29, 0.717) is 31.1 Å². The normalized spacial score (nSPS) is 14.0. The van der Waals surface area contributed by atoms with Crippen LogP contribution in [0.1, 0.15) is 6.92 Å². The van der Waals surface area contributed by atoms with Gasteiger partial charge in [0, 0.05) is 24.5 Å². The molecule has 8 nitrogen and oxygen atoms in total. The van der Waals surface area contributed by atoms with Crippen molar-refractivity contribution in [3.05, 3.63) is 24.3 Å². The summed E-state index contributed by atoms with van der Waals surface area (Å²) >= 11 is 0. The summed E-state index contributed by atoms with van der Waals surface area (Å²) in [6.07, 6.45) is -0.529. The van der Waals surface area contributed by atoms with Gasteiger partial charge in [-0.05, 0) is 31.2 Å². The van der Waals surface area contributed by atoms with Gasteiger partial charge in [0.15, 0.2) is 0 Å². The summed E-state index contributed by atoms with van der Waals surface area (Å²) < 4.78 is 4.77. The Morgan fingerprint density at radius 2 is 1.86 bits per heavy atom. The van der Waals surface area contributed by atoms with Crippen molar-refractivity contribution < 1.29 is 19.1 Å². The van der Waals surface area contributed by atoms with E-state index >= 15 is 0 Å². The summed E-state index contributed by atoms with van der Waals surface area (Å²) in [7, 11) is 0. The van der Waals surface area contributed by atoms with Crippen LogP contribution in [0.4, 0.5) is 21.0 Å². The number of amides is 4. The van der Waals surface area contributed by atoms with Crippen molar-refractivity contribution in [3.8, 4) is 0 Å². The summed E-state index contributed by atoms with van der Waals surface area (Å²) in [4.78, 5) is 36.0. The molecule has 0 radical (unpaired) electrons. The molecule has 0 bridgehead atoms. The molecule has 1 aromatic carbocycles. The molecule has 22 heavy (non-hydrogen) atoms. The molecule has 0 saturated carbocycles. The second-order valence-electron chi connectivity index (χ2n) is 4.62. The van der Waals surface area contributed by atoms with E-state index in [1.54, 1.807) is 31.2 Å². The zero-order chi connectivity index (χ0) is 15.9. The van der Waals surface area contributed by atoms with E-state index in [1.165, 1.54) is 4.90 Å². The molecule has 118 valence electrons. The Balaban J connectivity index is 1.89. The molecule has 1 heterocycles. The Kier molecular flexibility index (Phi) is 5.18. The third-order valence-corrected chi connectivity index (χ3v) is 2.98. The second kappa shape index (κ2) is 7.30. The maximum Gasteiger partial charge on any atom is 0.411 e. The Labute approximate surface area is 127 Å². The predicted molar refractivity (Wildman–Crippen MR) is 80.7 cm³/mol. The van der Waals surface area contributed by atoms with Gasteiger partial charge in [-0.25, -0.2) is 9.59 Å². The number of carbonyl (C=O) groups excluding carboxylic acids is 3. The van der Waals surface area contributed by atoms with Crippen molar-refractivity contribution in [2.75, 3.05) is 36.9 Å². The zero-order valence-electron chi connectivity index (χ0n) is 12.2. The molecule has 4 amide bonds. The first-order valence-corrected chi connectivity index (χ1v) is 6.95. The van der Waals surface area contributed by atoms with E-state index in [0.717, 1.165) is 0 Å². The lowest BCUT2D eigenvalue weighted by molar-refractivity contribution is -0.123. The quantitative estimate of drug-likeness (QED) is 0.781. The number of carbonyl (C=O) groups is 3. The molecule has 8 heteroatoms. The van der Waals surface area contributed by atoms with Gasteiger partial charge in [-0.2, -0.15) is 0 Å². The minimum atomic E-state index is -0.529. The van der Waals surface area contributed by atoms with E-state index in [9.17, 15) is 14.4 Å². The lowest BCUT2D eigenvalue weighted by Gasteiger charge is -2.26. The molecule has 0 aliphatic carbocycles. The van der Waals surface area contributed by atoms with E-state index in [-0.39, 0.29) is 18.5 Å². The number of nitrogens with zero attached hydrogens (tertiary/aromatic N) is 1. The summed E-state index contributed by atoms with van der Waals surface area (Å²) in [6, 6.07) is 6.28. The minimum absolute atomic E-state index is 0.0499. The fraction of sp³-hybridized carbons (Fsp3) is 0.357. The van der Waals surface area contributed by atoms with Gasteiger partial charge in [0.2, 0.25) is 5.91 Å². The predicted octanol–water partition coefficient (Wildman–Crippen LogP) is 1.22. The lowest BCUT2D eigenvalue weighted by atomic mass is 10.3. The number of nitrogens with one attached hydrogen (secondary N) is 3. The van der Waals surface area contributed by atoms with Gasteiger partial charge in [0.05, 0.1) is 6.61 Å². The molecule has 1 aliphatic rings. The summed E-state index contributed by atoms with van der Waals surface area (Å²) in [6.45, 7) is 2.99. The Morgan fingerprint density at radius 3 is 2.45 bits per heavy atom. The number of benzene rings is 1. The molecular weight excluding hydrogens is 288 g/mol. The van der Waals surface area contributed by atoms with Crippen molar-refractivity contribution in [3.63, 3.8) is 0 Å². The first-order valence-electron chi connectivity index (χ1n) is 6.95. The van der Waals surface area contributed by atoms with Gasteiger partial charge in [0.25, 0.3) is 0 Å². The van der Waals surface area contributed by atoms with Crippen LogP contribution in [0.2, 0.25) is 0 Å². The molecular formula is C14H18N4O4. The molecule has 1 fully saturated rings. The van der Waals surface area contributed by atoms with E-state index in [4.69, 9.17) is 4.74 Å². The van der Waals surface area contributed by atoms with Crippen LogP contribution < -0.4 is 16.0 Å². The maximum atomic E-state index is 12.0. The molecule has 0 unspecified atom stereocenters. The average Bonchev–Trinajstić information content (AvgIpc) is 2.49. The van der Waals surface area contributed by atoms with Crippen molar-refractivity contribution >= 4 is 29.4 Å². The molecule has 2 rings (SSSR count). The van der Waals surface area contributed by atoms with Crippen molar-refractivity contribution in [1.29, 1.82) is 0 Å². The van der Waals surface area contributed by atoms with Gasteiger partial charge in [-0.3, -0.25) is 10.1 Å². The van der Waals surface area contributed by atoms with Crippen LogP contribution in [-0.2, 0) is 9.53 Å². The fourth-order valence-corrected chi connectivity index (χ4v) is 1.94. The maximum absolute atomic E-state index is 12.0. The number of ether oxygens (including phenoxy) is 1. The Hall–Kier alpha value is -2.77. The van der Waals surface area contributed by atoms with Gasteiger partial charge in [-0.1, -0.05) is 0 Å². The summed E-state index contributed by atoms with van der Waals surface area (Å²) in [5, 5.41) is 7.91. The van der Waals surface area contributed by atoms with Crippen LogP contribution in [-0.4, -0.2) is 49.2 Å².